The first-order chi connectivity index (χ1) is 7.04. The Morgan fingerprint density at radius 1 is 1.73 bits per heavy atom. The van der Waals surface area contributed by atoms with E-state index >= 15 is 0 Å². The number of carbonyl (C=O) groups is 1. The van der Waals surface area contributed by atoms with E-state index in [1.54, 1.807) is 6.92 Å². The van der Waals surface area contributed by atoms with Gasteiger partial charge in [0, 0.05) is 5.92 Å². The van der Waals surface area contributed by atoms with Gasteiger partial charge in [0.2, 0.25) is 0 Å². The van der Waals surface area contributed by atoms with Crippen molar-refractivity contribution in [2.24, 2.45) is 5.92 Å². The average molecular weight is 214 g/mol. The van der Waals surface area contributed by atoms with Crippen LogP contribution in [-0.2, 0) is 14.3 Å². The van der Waals surface area contributed by atoms with Crippen molar-refractivity contribution < 1.29 is 19.4 Å². The fraction of sp³-hybridized carbons (Fsp3) is 0.727. The molecule has 15 heavy (non-hydrogen) atoms. The van der Waals surface area contributed by atoms with E-state index in [0.29, 0.717) is 25.0 Å². The normalized spacial score (nSPS) is 23.0. The first-order valence-electron chi connectivity index (χ1n) is 5.06. The van der Waals surface area contributed by atoms with Crippen molar-refractivity contribution in [3.63, 3.8) is 0 Å². The lowest BCUT2D eigenvalue weighted by Gasteiger charge is -2.17. The highest BCUT2D eigenvalue weighted by Crippen LogP contribution is 2.28. The Hall–Kier alpha value is -0.870. The number of aliphatic hydroxyl groups excluding tert-OH is 1. The average Bonchev–Trinajstić information content (AvgIpc) is 2.99. The van der Waals surface area contributed by atoms with Crippen molar-refractivity contribution in [3.05, 3.63) is 12.2 Å². The van der Waals surface area contributed by atoms with E-state index < -0.39 is 6.10 Å². The summed E-state index contributed by atoms with van der Waals surface area (Å²) < 4.78 is 9.75. The SMILES string of the molecule is C=C(C)[C@@H](O)C[C@H](CC(=O)OC)[C@@H]1CO1. The molecule has 0 unspecified atom stereocenters. The third-order valence-electron chi connectivity index (χ3n) is 2.64. The zero-order valence-electron chi connectivity index (χ0n) is 9.23. The second-order valence-corrected chi connectivity index (χ2v) is 4.01. The van der Waals surface area contributed by atoms with Crippen molar-refractivity contribution in [3.8, 4) is 0 Å². The molecule has 0 spiro atoms. The van der Waals surface area contributed by atoms with Crippen LogP contribution < -0.4 is 0 Å². The molecule has 4 heteroatoms. The predicted molar refractivity (Wildman–Crippen MR) is 55.3 cm³/mol. The predicted octanol–water partition coefficient (Wildman–Crippen LogP) is 0.892. The molecule has 1 N–H and O–H groups in total. The minimum absolute atomic E-state index is 0.0316. The van der Waals surface area contributed by atoms with E-state index in [9.17, 15) is 9.90 Å². The second kappa shape index (κ2) is 5.28. The van der Waals surface area contributed by atoms with E-state index in [4.69, 9.17) is 4.74 Å². The van der Waals surface area contributed by atoms with Gasteiger partial charge in [-0.1, -0.05) is 12.2 Å². The standard InChI is InChI=1S/C11H18O4/c1-7(2)9(12)4-8(10-6-15-10)5-11(13)14-3/h8-10,12H,1,4-6H2,2-3H3/t8-,9+,10+/m1/s1. The highest BCUT2D eigenvalue weighted by Gasteiger charge is 2.35. The molecule has 0 aliphatic carbocycles. The van der Waals surface area contributed by atoms with Crippen molar-refractivity contribution in [1.29, 1.82) is 0 Å². The molecule has 0 aromatic carbocycles. The first kappa shape index (κ1) is 12.2. The lowest BCUT2D eigenvalue weighted by molar-refractivity contribution is -0.142. The number of methoxy groups -OCH3 is 1. The quantitative estimate of drug-likeness (QED) is 0.405. The zero-order valence-corrected chi connectivity index (χ0v) is 9.23. The summed E-state index contributed by atoms with van der Waals surface area (Å²) in [5.41, 5.74) is 0.713. The van der Waals surface area contributed by atoms with Gasteiger partial charge in [0.15, 0.2) is 0 Å². The van der Waals surface area contributed by atoms with Gasteiger partial charge in [-0.15, -0.1) is 0 Å². The molecule has 1 rings (SSSR count). The minimum Gasteiger partial charge on any atom is -0.469 e. The van der Waals surface area contributed by atoms with Crippen molar-refractivity contribution in [2.75, 3.05) is 13.7 Å². The van der Waals surface area contributed by atoms with Crippen LogP contribution in [0.2, 0.25) is 0 Å². The van der Waals surface area contributed by atoms with Gasteiger partial charge in [0.05, 0.1) is 32.3 Å². The molecule has 1 saturated heterocycles. The largest absolute Gasteiger partial charge is 0.469 e. The molecule has 1 heterocycles. The van der Waals surface area contributed by atoms with Gasteiger partial charge in [-0.2, -0.15) is 0 Å². The second-order valence-electron chi connectivity index (χ2n) is 4.01. The Kier molecular flexibility index (Phi) is 4.29. The Morgan fingerprint density at radius 3 is 2.73 bits per heavy atom. The van der Waals surface area contributed by atoms with Crippen LogP contribution in [0.15, 0.2) is 12.2 Å². The lowest BCUT2D eigenvalue weighted by Crippen LogP contribution is -2.21. The molecule has 3 atom stereocenters. The number of rotatable bonds is 6. The number of ether oxygens (including phenoxy) is 2. The summed E-state index contributed by atoms with van der Waals surface area (Å²) in [6.45, 7) is 6.12. The van der Waals surface area contributed by atoms with Gasteiger partial charge < -0.3 is 14.6 Å². The first-order valence-corrected chi connectivity index (χ1v) is 5.06. The van der Waals surface area contributed by atoms with Gasteiger partial charge in [-0.05, 0) is 13.3 Å². The number of esters is 1. The van der Waals surface area contributed by atoms with E-state index in [0.717, 1.165) is 0 Å². The van der Waals surface area contributed by atoms with E-state index in [2.05, 4.69) is 11.3 Å². The summed E-state index contributed by atoms with van der Waals surface area (Å²) in [5.74, 6) is -0.228. The molecule has 0 aromatic heterocycles. The number of hydrogen-bond donors (Lipinski definition) is 1. The maximum absolute atomic E-state index is 11.1. The van der Waals surface area contributed by atoms with Crippen molar-refractivity contribution in [2.45, 2.75) is 32.0 Å². The van der Waals surface area contributed by atoms with Crippen LogP contribution in [-0.4, -0.2) is 37.0 Å². The molecule has 0 aromatic rings. The third kappa shape index (κ3) is 4.01. The third-order valence-corrected chi connectivity index (χ3v) is 2.64. The molecule has 1 aliphatic heterocycles. The van der Waals surface area contributed by atoms with Crippen molar-refractivity contribution >= 4 is 5.97 Å². The van der Waals surface area contributed by atoms with Gasteiger partial charge in [-0.3, -0.25) is 4.79 Å². The Morgan fingerprint density at radius 2 is 2.33 bits per heavy atom. The summed E-state index contributed by atoms with van der Waals surface area (Å²) >= 11 is 0. The van der Waals surface area contributed by atoms with Gasteiger partial charge in [0.1, 0.15) is 0 Å². The van der Waals surface area contributed by atoms with Crippen LogP contribution in [0, 0.1) is 5.92 Å². The molecular weight excluding hydrogens is 196 g/mol. The topological polar surface area (TPSA) is 59.1 Å². The maximum atomic E-state index is 11.1. The van der Waals surface area contributed by atoms with Crippen LogP contribution in [0.5, 0.6) is 0 Å². The van der Waals surface area contributed by atoms with E-state index in [1.807, 2.05) is 0 Å². The number of aliphatic hydroxyl groups is 1. The molecule has 1 aliphatic rings. The van der Waals surface area contributed by atoms with Gasteiger partial charge >= 0.3 is 5.97 Å². The summed E-state index contributed by atoms with van der Waals surface area (Å²) in [6.07, 6.45) is 0.336. The smallest absolute Gasteiger partial charge is 0.305 e. The molecule has 0 amide bonds. The highest BCUT2D eigenvalue weighted by atomic mass is 16.6. The number of hydrogen-bond acceptors (Lipinski definition) is 4. The molecule has 0 saturated carbocycles. The van der Waals surface area contributed by atoms with Crippen LogP contribution in [0.4, 0.5) is 0 Å². The van der Waals surface area contributed by atoms with Crippen LogP contribution >= 0.6 is 0 Å². The van der Waals surface area contributed by atoms with E-state index in [-0.39, 0.29) is 18.0 Å². The molecule has 0 bridgehead atoms. The minimum atomic E-state index is -0.566. The summed E-state index contributed by atoms with van der Waals surface area (Å²) in [4.78, 5) is 11.1. The van der Waals surface area contributed by atoms with Gasteiger partial charge in [-0.25, -0.2) is 0 Å². The highest BCUT2D eigenvalue weighted by molar-refractivity contribution is 5.69. The maximum Gasteiger partial charge on any atom is 0.305 e. The summed E-state index contributed by atoms with van der Waals surface area (Å²) in [6, 6.07) is 0. The number of carbonyl (C=O) groups excluding carboxylic acids is 1. The number of epoxide rings is 1. The molecule has 86 valence electrons. The fourth-order valence-corrected chi connectivity index (χ4v) is 1.48. The van der Waals surface area contributed by atoms with E-state index in [1.165, 1.54) is 7.11 Å². The molecular formula is C11H18O4. The fourth-order valence-electron chi connectivity index (χ4n) is 1.48. The van der Waals surface area contributed by atoms with Gasteiger partial charge in [0.25, 0.3) is 0 Å². The van der Waals surface area contributed by atoms with Crippen molar-refractivity contribution in [1.82, 2.24) is 0 Å². The molecule has 0 radical (unpaired) electrons. The Balaban J connectivity index is 2.43. The molecule has 1 fully saturated rings. The summed E-state index contributed by atoms with van der Waals surface area (Å²) in [7, 11) is 1.36. The lowest BCUT2D eigenvalue weighted by atomic mass is 9.92. The Labute approximate surface area is 89.9 Å². The monoisotopic (exact) mass is 214 g/mol. The molecule has 4 nitrogen and oxygen atoms in total. The van der Waals surface area contributed by atoms with Crippen LogP contribution in [0.3, 0.4) is 0 Å². The van der Waals surface area contributed by atoms with Crippen LogP contribution in [0.25, 0.3) is 0 Å². The Bertz CT molecular complexity index is 245. The summed E-state index contributed by atoms with van der Waals surface area (Å²) in [5, 5.41) is 9.65. The zero-order chi connectivity index (χ0) is 11.4. The van der Waals surface area contributed by atoms with Crippen LogP contribution in [0.1, 0.15) is 19.8 Å².